The Bertz CT molecular complexity index is 731. The number of sulfonamides is 1. The molecule has 0 saturated heterocycles. The number of hydrogen-bond donors (Lipinski definition) is 2. The van der Waals surface area contributed by atoms with Crippen LogP contribution in [0.2, 0.25) is 0 Å². The SMILES string of the molecule is Cc1cc(C(C)NS(=O)(=O)c2cn(C)nc2N)c(C)s1. The van der Waals surface area contributed by atoms with Gasteiger partial charge in [-0.15, -0.1) is 11.3 Å². The van der Waals surface area contributed by atoms with Crippen molar-refractivity contribution in [3.63, 3.8) is 0 Å². The zero-order valence-corrected chi connectivity index (χ0v) is 13.5. The van der Waals surface area contributed by atoms with E-state index in [1.807, 2.05) is 26.8 Å². The monoisotopic (exact) mass is 314 g/mol. The maximum Gasteiger partial charge on any atom is 0.246 e. The minimum Gasteiger partial charge on any atom is -0.381 e. The fraction of sp³-hybridized carbons (Fsp3) is 0.417. The highest BCUT2D eigenvalue weighted by molar-refractivity contribution is 7.89. The number of aryl methyl sites for hydroxylation is 3. The van der Waals surface area contributed by atoms with Gasteiger partial charge < -0.3 is 5.73 Å². The Labute approximate surface area is 122 Å². The highest BCUT2D eigenvalue weighted by atomic mass is 32.2. The van der Waals surface area contributed by atoms with Gasteiger partial charge in [-0.3, -0.25) is 4.68 Å². The summed E-state index contributed by atoms with van der Waals surface area (Å²) in [5, 5.41) is 3.86. The molecule has 8 heteroatoms. The molecule has 2 rings (SSSR count). The van der Waals surface area contributed by atoms with Crippen LogP contribution in [-0.2, 0) is 17.1 Å². The molecular formula is C12H18N4O2S2. The Morgan fingerprint density at radius 2 is 2.10 bits per heavy atom. The predicted molar refractivity (Wildman–Crippen MR) is 80.1 cm³/mol. The first kappa shape index (κ1) is 15.0. The summed E-state index contributed by atoms with van der Waals surface area (Å²) in [4.78, 5) is 2.28. The standard InChI is InChI=1S/C12H18N4O2S2/c1-7-5-10(9(3)19-7)8(2)15-20(17,18)11-6-16(4)14-12(11)13/h5-6,8,15H,1-4H3,(H2,13,14). The topological polar surface area (TPSA) is 90.0 Å². The van der Waals surface area contributed by atoms with E-state index >= 15 is 0 Å². The molecule has 0 radical (unpaired) electrons. The lowest BCUT2D eigenvalue weighted by molar-refractivity contribution is 0.567. The van der Waals surface area contributed by atoms with Crippen molar-refractivity contribution in [3.05, 3.63) is 27.6 Å². The maximum atomic E-state index is 12.3. The Morgan fingerprint density at radius 1 is 1.45 bits per heavy atom. The van der Waals surface area contributed by atoms with Gasteiger partial charge in [-0.2, -0.15) is 5.10 Å². The molecule has 0 aliphatic carbocycles. The zero-order chi connectivity index (χ0) is 15.1. The van der Waals surface area contributed by atoms with Crippen molar-refractivity contribution in [3.8, 4) is 0 Å². The molecule has 0 saturated carbocycles. The highest BCUT2D eigenvalue weighted by Gasteiger charge is 2.24. The average Bonchev–Trinajstić information content (AvgIpc) is 2.81. The van der Waals surface area contributed by atoms with Gasteiger partial charge in [-0.25, -0.2) is 13.1 Å². The third-order valence-electron chi connectivity index (χ3n) is 2.99. The number of hydrogen-bond acceptors (Lipinski definition) is 5. The number of nitrogen functional groups attached to an aromatic ring is 1. The number of rotatable bonds is 4. The lowest BCUT2D eigenvalue weighted by Gasteiger charge is -2.13. The molecule has 6 nitrogen and oxygen atoms in total. The van der Waals surface area contributed by atoms with E-state index < -0.39 is 10.0 Å². The summed E-state index contributed by atoms with van der Waals surface area (Å²) < 4.78 is 28.7. The molecule has 1 unspecified atom stereocenters. The molecule has 2 aromatic heterocycles. The second kappa shape index (κ2) is 5.19. The molecule has 20 heavy (non-hydrogen) atoms. The summed E-state index contributed by atoms with van der Waals surface area (Å²) in [6, 6.07) is 1.68. The van der Waals surface area contributed by atoms with Gasteiger partial charge in [0.25, 0.3) is 0 Å². The molecule has 1 atom stereocenters. The number of nitrogens with two attached hydrogens (primary N) is 1. The summed E-state index contributed by atoms with van der Waals surface area (Å²) in [7, 11) is -2.05. The Balaban J connectivity index is 2.29. The third-order valence-corrected chi connectivity index (χ3v) is 5.53. The molecule has 3 N–H and O–H groups in total. The molecule has 0 spiro atoms. The van der Waals surface area contributed by atoms with E-state index in [0.717, 1.165) is 15.3 Å². The fourth-order valence-electron chi connectivity index (χ4n) is 2.13. The van der Waals surface area contributed by atoms with Crippen LogP contribution in [-0.4, -0.2) is 18.2 Å². The Hall–Kier alpha value is -1.38. The fourth-order valence-corrected chi connectivity index (χ4v) is 4.48. The van der Waals surface area contributed by atoms with Gasteiger partial charge in [0, 0.05) is 29.0 Å². The van der Waals surface area contributed by atoms with Gasteiger partial charge >= 0.3 is 0 Å². The van der Waals surface area contributed by atoms with Crippen LogP contribution in [0.4, 0.5) is 5.82 Å². The smallest absolute Gasteiger partial charge is 0.246 e. The van der Waals surface area contributed by atoms with Crippen molar-refractivity contribution in [1.82, 2.24) is 14.5 Å². The van der Waals surface area contributed by atoms with Gasteiger partial charge in [0.2, 0.25) is 10.0 Å². The number of nitrogens with zero attached hydrogens (tertiary/aromatic N) is 2. The largest absolute Gasteiger partial charge is 0.381 e. The Kier molecular flexibility index (Phi) is 3.90. The van der Waals surface area contributed by atoms with Crippen molar-refractivity contribution in [2.75, 3.05) is 5.73 Å². The molecule has 0 aliphatic heterocycles. The summed E-state index contributed by atoms with van der Waals surface area (Å²) in [5.74, 6) is 0.00502. The van der Waals surface area contributed by atoms with Crippen molar-refractivity contribution in [1.29, 1.82) is 0 Å². The van der Waals surface area contributed by atoms with Crippen LogP contribution in [0, 0.1) is 13.8 Å². The first-order valence-electron chi connectivity index (χ1n) is 6.09. The number of anilines is 1. The number of thiophene rings is 1. The Morgan fingerprint density at radius 3 is 2.55 bits per heavy atom. The second-order valence-electron chi connectivity index (χ2n) is 4.76. The number of aromatic nitrogens is 2. The molecule has 0 bridgehead atoms. The van der Waals surface area contributed by atoms with Crippen molar-refractivity contribution in [2.24, 2.45) is 7.05 Å². The van der Waals surface area contributed by atoms with E-state index in [0.29, 0.717) is 0 Å². The maximum absolute atomic E-state index is 12.3. The van der Waals surface area contributed by atoms with Crippen LogP contribution in [0.25, 0.3) is 0 Å². The number of nitrogens with one attached hydrogen (secondary N) is 1. The zero-order valence-electron chi connectivity index (χ0n) is 11.8. The van der Waals surface area contributed by atoms with Crippen molar-refractivity contribution < 1.29 is 8.42 Å². The lowest BCUT2D eigenvalue weighted by atomic mass is 10.1. The molecule has 0 amide bonds. The van der Waals surface area contributed by atoms with E-state index in [2.05, 4.69) is 9.82 Å². The van der Waals surface area contributed by atoms with Gasteiger partial charge in [-0.05, 0) is 32.4 Å². The van der Waals surface area contributed by atoms with E-state index in [-0.39, 0.29) is 16.8 Å². The third kappa shape index (κ3) is 2.87. The molecule has 110 valence electrons. The first-order valence-corrected chi connectivity index (χ1v) is 8.39. The normalized spacial score (nSPS) is 13.6. The molecular weight excluding hydrogens is 296 g/mol. The van der Waals surface area contributed by atoms with E-state index in [1.54, 1.807) is 18.4 Å². The summed E-state index contributed by atoms with van der Waals surface area (Å²) in [6.07, 6.45) is 1.40. The van der Waals surface area contributed by atoms with Crippen LogP contribution in [0.1, 0.15) is 28.3 Å². The molecule has 2 aromatic rings. The molecule has 0 aliphatic rings. The second-order valence-corrected chi connectivity index (χ2v) is 7.91. The van der Waals surface area contributed by atoms with Crippen LogP contribution < -0.4 is 10.5 Å². The van der Waals surface area contributed by atoms with Gasteiger partial charge in [0.1, 0.15) is 4.90 Å². The van der Waals surface area contributed by atoms with Gasteiger partial charge in [0.05, 0.1) is 0 Å². The summed E-state index contributed by atoms with van der Waals surface area (Å²) in [6.45, 7) is 5.80. The first-order chi connectivity index (χ1) is 9.20. The molecule has 2 heterocycles. The van der Waals surface area contributed by atoms with Crippen molar-refractivity contribution >= 4 is 27.2 Å². The minimum atomic E-state index is -3.68. The van der Waals surface area contributed by atoms with Crippen LogP contribution in [0.15, 0.2) is 17.2 Å². The molecule has 0 fully saturated rings. The highest BCUT2D eigenvalue weighted by Crippen LogP contribution is 2.27. The van der Waals surface area contributed by atoms with E-state index in [9.17, 15) is 8.42 Å². The van der Waals surface area contributed by atoms with Gasteiger partial charge in [0.15, 0.2) is 5.82 Å². The summed E-state index contributed by atoms with van der Waals surface area (Å²) in [5.41, 5.74) is 6.61. The lowest BCUT2D eigenvalue weighted by Crippen LogP contribution is -2.27. The molecule has 0 aromatic carbocycles. The quantitative estimate of drug-likeness (QED) is 0.899. The predicted octanol–water partition coefficient (Wildman–Crippen LogP) is 1.72. The minimum absolute atomic E-state index is 0.00502. The summed E-state index contributed by atoms with van der Waals surface area (Å²) >= 11 is 1.65. The van der Waals surface area contributed by atoms with Crippen molar-refractivity contribution in [2.45, 2.75) is 31.7 Å². The average molecular weight is 314 g/mol. The van der Waals surface area contributed by atoms with Crippen LogP contribution >= 0.6 is 11.3 Å². The van der Waals surface area contributed by atoms with Crippen LogP contribution in [0.3, 0.4) is 0 Å². The van der Waals surface area contributed by atoms with E-state index in [1.165, 1.54) is 10.9 Å². The van der Waals surface area contributed by atoms with Gasteiger partial charge in [-0.1, -0.05) is 0 Å². The van der Waals surface area contributed by atoms with Crippen LogP contribution in [0.5, 0.6) is 0 Å². The van der Waals surface area contributed by atoms with E-state index in [4.69, 9.17) is 5.73 Å².